The number of thiol groups is 1. The van der Waals surface area contributed by atoms with Gasteiger partial charge in [0.05, 0.1) is 10.7 Å². The normalized spacial score (nSPS) is 19.6. The quantitative estimate of drug-likeness (QED) is 0.557. The molecule has 27 heavy (non-hydrogen) atoms. The summed E-state index contributed by atoms with van der Waals surface area (Å²) in [6.07, 6.45) is 0.509. The largest absolute Gasteiger partial charge is 0.384 e. The van der Waals surface area contributed by atoms with E-state index in [9.17, 15) is 4.79 Å². The molecule has 8 heteroatoms. The molecule has 1 amide bonds. The number of anilines is 1. The van der Waals surface area contributed by atoms with Gasteiger partial charge in [0, 0.05) is 13.0 Å². The van der Waals surface area contributed by atoms with E-state index in [2.05, 4.69) is 6.07 Å². The molecule has 0 aliphatic carbocycles. The second-order valence-corrected chi connectivity index (χ2v) is 9.11. The first-order valence-corrected chi connectivity index (χ1v) is 9.95. The van der Waals surface area contributed by atoms with Crippen LogP contribution in [-0.4, -0.2) is 10.1 Å². The average molecular weight is 421 g/mol. The van der Waals surface area contributed by atoms with Gasteiger partial charge in [-0.05, 0) is 24.1 Å². The minimum atomic E-state index is -0.878. The number of amides is 1. The Bertz CT molecular complexity index is 934. The van der Waals surface area contributed by atoms with Gasteiger partial charge in [-0.2, -0.15) is 0 Å². The van der Waals surface area contributed by atoms with E-state index >= 15 is 0 Å². The van der Waals surface area contributed by atoms with E-state index in [-0.39, 0.29) is 17.3 Å². The summed E-state index contributed by atoms with van der Waals surface area (Å²) >= 11 is 12.7. The van der Waals surface area contributed by atoms with E-state index in [1.54, 1.807) is 11.0 Å². The molecule has 142 valence electrons. The van der Waals surface area contributed by atoms with Crippen LogP contribution in [0, 0.1) is 6.92 Å². The number of aryl methyl sites for hydroxylation is 1. The SMILES string of the molecule is Cc1cccc(CC2(S)SC(C(N)=O)=C(N)N2c2c(Cl)cccc2CN)c1. The summed E-state index contributed by atoms with van der Waals surface area (Å²) in [6.45, 7) is 2.29. The Labute approximate surface area is 173 Å². The lowest BCUT2D eigenvalue weighted by Gasteiger charge is -2.37. The van der Waals surface area contributed by atoms with Crippen molar-refractivity contribution in [2.24, 2.45) is 17.2 Å². The van der Waals surface area contributed by atoms with Gasteiger partial charge in [-0.3, -0.25) is 4.79 Å². The smallest absolute Gasteiger partial charge is 0.258 e. The highest BCUT2D eigenvalue weighted by Crippen LogP contribution is 2.53. The Kier molecular flexibility index (Phi) is 5.67. The molecule has 0 spiro atoms. The van der Waals surface area contributed by atoms with E-state index < -0.39 is 10.1 Å². The maximum atomic E-state index is 12.0. The zero-order chi connectivity index (χ0) is 19.8. The Balaban J connectivity index is 2.15. The van der Waals surface area contributed by atoms with Crippen LogP contribution in [0.2, 0.25) is 5.02 Å². The van der Waals surface area contributed by atoms with Crippen LogP contribution in [0.4, 0.5) is 5.69 Å². The fourth-order valence-electron chi connectivity index (χ4n) is 3.20. The van der Waals surface area contributed by atoms with Gasteiger partial charge in [0.15, 0.2) is 0 Å². The summed E-state index contributed by atoms with van der Waals surface area (Å²) in [4.78, 5) is 14.0. The fraction of sp³-hybridized carbons (Fsp3) is 0.211. The maximum absolute atomic E-state index is 12.0. The summed E-state index contributed by atoms with van der Waals surface area (Å²) in [5.41, 5.74) is 21.5. The number of thioether (sulfide) groups is 1. The molecule has 1 heterocycles. The van der Waals surface area contributed by atoms with E-state index in [0.29, 0.717) is 17.1 Å². The molecule has 2 aromatic rings. The summed E-state index contributed by atoms with van der Waals surface area (Å²) < 4.78 is -0.878. The van der Waals surface area contributed by atoms with Crippen LogP contribution in [0.25, 0.3) is 0 Å². The van der Waals surface area contributed by atoms with Crippen molar-refractivity contribution >= 4 is 47.6 Å². The Morgan fingerprint density at radius 3 is 2.63 bits per heavy atom. The van der Waals surface area contributed by atoms with Crippen LogP contribution in [-0.2, 0) is 17.8 Å². The molecule has 6 N–H and O–H groups in total. The van der Waals surface area contributed by atoms with Crippen LogP contribution < -0.4 is 22.1 Å². The molecule has 1 aliphatic rings. The summed E-state index contributed by atoms with van der Waals surface area (Å²) in [5.74, 6) is -0.359. The monoisotopic (exact) mass is 420 g/mol. The Morgan fingerprint density at radius 1 is 1.30 bits per heavy atom. The van der Waals surface area contributed by atoms with Gasteiger partial charge in [-0.15, -0.1) is 12.6 Å². The van der Waals surface area contributed by atoms with Crippen molar-refractivity contribution in [1.82, 2.24) is 0 Å². The van der Waals surface area contributed by atoms with Gasteiger partial charge in [-0.25, -0.2) is 0 Å². The van der Waals surface area contributed by atoms with Crippen molar-refractivity contribution < 1.29 is 4.79 Å². The zero-order valence-corrected chi connectivity index (χ0v) is 17.2. The van der Waals surface area contributed by atoms with Crippen molar-refractivity contribution in [2.75, 3.05) is 4.90 Å². The molecule has 5 nitrogen and oxygen atoms in total. The summed E-state index contributed by atoms with van der Waals surface area (Å²) in [5, 5.41) is 0.481. The van der Waals surface area contributed by atoms with Gasteiger partial charge in [0.2, 0.25) is 0 Å². The number of halogens is 1. The summed E-state index contributed by atoms with van der Waals surface area (Å²) in [6, 6.07) is 13.6. The van der Waals surface area contributed by atoms with Gasteiger partial charge in [0.1, 0.15) is 14.9 Å². The average Bonchev–Trinajstić information content (AvgIpc) is 2.86. The topological polar surface area (TPSA) is 98.4 Å². The molecule has 0 bridgehead atoms. The molecule has 1 atom stereocenters. The third-order valence-electron chi connectivity index (χ3n) is 4.34. The Morgan fingerprint density at radius 2 is 2.00 bits per heavy atom. The lowest BCUT2D eigenvalue weighted by molar-refractivity contribution is -0.113. The highest BCUT2D eigenvalue weighted by Gasteiger charge is 2.46. The van der Waals surface area contributed by atoms with Crippen LogP contribution in [0.15, 0.2) is 53.2 Å². The molecule has 3 rings (SSSR count). The molecular formula is C19H21ClN4OS2. The van der Waals surface area contributed by atoms with Crippen molar-refractivity contribution in [3.05, 3.63) is 74.9 Å². The zero-order valence-electron chi connectivity index (χ0n) is 14.8. The number of hydrogen-bond acceptors (Lipinski definition) is 6. The first-order chi connectivity index (χ1) is 12.8. The second-order valence-electron chi connectivity index (χ2n) is 6.38. The third kappa shape index (κ3) is 3.78. The lowest BCUT2D eigenvalue weighted by Crippen LogP contribution is -2.42. The number of para-hydroxylation sites is 1. The third-order valence-corrected chi connectivity index (χ3v) is 6.55. The number of benzene rings is 2. The standard InChI is InChI=1S/C19H21ClN4OS2/c1-11-4-2-5-12(8-11)9-19(26)24(17(22)16(27-19)18(23)25)15-13(10-21)6-3-7-14(15)20/h2-8,26H,9-10,21-22H2,1H3,(H2,23,25). The van der Waals surface area contributed by atoms with E-state index in [1.165, 1.54) is 11.8 Å². The molecule has 0 saturated carbocycles. The number of carbonyl (C=O) groups is 1. The van der Waals surface area contributed by atoms with E-state index in [4.69, 9.17) is 41.4 Å². The maximum Gasteiger partial charge on any atom is 0.258 e. The molecular weight excluding hydrogens is 400 g/mol. The first-order valence-electron chi connectivity index (χ1n) is 8.31. The number of nitrogens with two attached hydrogens (primary N) is 3. The van der Waals surface area contributed by atoms with Gasteiger partial charge in [-0.1, -0.05) is 65.3 Å². The van der Waals surface area contributed by atoms with Crippen LogP contribution in [0.3, 0.4) is 0 Å². The fourth-order valence-corrected chi connectivity index (χ4v) is 5.29. The van der Waals surface area contributed by atoms with Crippen LogP contribution in [0.5, 0.6) is 0 Å². The molecule has 1 aliphatic heterocycles. The molecule has 2 aromatic carbocycles. The minimum Gasteiger partial charge on any atom is -0.384 e. The molecule has 0 radical (unpaired) electrons. The molecule has 0 fully saturated rings. The molecule has 0 aromatic heterocycles. The minimum absolute atomic E-state index is 0.234. The van der Waals surface area contributed by atoms with E-state index in [0.717, 1.165) is 16.7 Å². The van der Waals surface area contributed by atoms with Crippen molar-refractivity contribution in [1.29, 1.82) is 0 Å². The Hall–Kier alpha value is -1.80. The first kappa shape index (κ1) is 19.9. The number of rotatable bonds is 5. The van der Waals surface area contributed by atoms with Crippen molar-refractivity contribution in [3.8, 4) is 0 Å². The van der Waals surface area contributed by atoms with Crippen LogP contribution >= 0.6 is 36.0 Å². The second kappa shape index (κ2) is 7.67. The van der Waals surface area contributed by atoms with Crippen molar-refractivity contribution in [3.63, 3.8) is 0 Å². The predicted molar refractivity (Wildman–Crippen MR) is 116 cm³/mol. The summed E-state index contributed by atoms with van der Waals surface area (Å²) in [7, 11) is 0. The van der Waals surface area contributed by atoms with Crippen LogP contribution in [0.1, 0.15) is 16.7 Å². The van der Waals surface area contributed by atoms with Crippen molar-refractivity contribution in [2.45, 2.75) is 24.1 Å². The van der Waals surface area contributed by atoms with Gasteiger partial charge < -0.3 is 22.1 Å². The molecule has 1 unspecified atom stereocenters. The number of primary amides is 1. The van der Waals surface area contributed by atoms with E-state index in [1.807, 2.05) is 37.3 Å². The lowest BCUT2D eigenvalue weighted by atomic mass is 10.1. The number of hydrogen-bond donors (Lipinski definition) is 4. The predicted octanol–water partition coefficient (Wildman–Crippen LogP) is 3.10. The van der Waals surface area contributed by atoms with Gasteiger partial charge in [0.25, 0.3) is 5.91 Å². The van der Waals surface area contributed by atoms with Gasteiger partial charge >= 0.3 is 0 Å². The number of nitrogens with zero attached hydrogens (tertiary/aromatic N) is 1. The highest BCUT2D eigenvalue weighted by atomic mass is 35.5. The molecule has 0 saturated heterocycles. The highest BCUT2D eigenvalue weighted by molar-refractivity contribution is 8.15. The number of carbonyl (C=O) groups excluding carboxylic acids is 1.